The summed E-state index contributed by atoms with van der Waals surface area (Å²) < 4.78 is 95.1. The van der Waals surface area contributed by atoms with Crippen molar-refractivity contribution in [3.05, 3.63) is 74.8 Å². The molecule has 4 nitrogen and oxygen atoms in total. The highest BCUT2D eigenvalue weighted by Crippen LogP contribution is 2.43. The molecule has 0 bridgehead atoms. The van der Waals surface area contributed by atoms with Gasteiger partial charge in [-0.1, -0.05) is 47.5 Å². The molecule has 0 spiro atoms. The summed E-state index contributed by atoms with van der Waals surface area (Å²) in [5.74, 6) is -1.22. The first-order chi connectivity index (χ1) is 15.5. The van der Waals surface area contributed by atoms with Gasteiger partial charge in [0.05, 0.1) is 34.3 Å². The molecule has 0 aliphatic carbocycles. The van der Waals surface area contributed by atoms with Crippen LogP contribution in [0.25, 0.3) is 5.57 Å². The molecule has 0 saturated carbocycles. The van der Waals surface area contributed by atoms with E-state index in [9.17, 15) is 40.3 Å². The van der Waals surface area contributed by atoms with Crippen molar-refractivity contribution in [1.29, 1.82) is 0 Å². The largest absolute Gasteiger partial charge is 0.465 e. The first-order valence-corrected chi connectivity index (χ1v) is 9.96. The molecule has 182 valence electrons. The topological polar surface area (TPSA) is 57.6 Å². The first-order valence-electron chi connectivity index (χ1n) is 9.20. The summed E-state index contributed by atoms with van der Waals surface area (Å²) in [5.41, 5.74) is -6.62. The van der Waals surface area contributed by atoms with E-state index in [1.54, 1.807) is 0 Å². The number of rotatable bonds is 4. The highest BCUT2D eigenvalue weighted by Gasteiger charge is 2.47. The molecule has 1 aliphatic heterocycles. The molecule has 1 aliphatic rings. The minimum absolute atomic E-state index is 0.0147. The number of carbonyl (C=O) groups is 2. The van der Waals surface area contributed by atoms with Crippen LogP contribution in [-0.4, -0.2) is 41.1 Å². The third-order valence-corrected chi connectivity index (χ3v) is 5.87. The van der Waals surface area contributed by atoms with Crippen molar-refractivity contribution in [1.82, 2.24) is 4.90 Å². The minimum atomic E-state index is -5.23. The molecule has 2 aromatic carbocycles. The third kappa shape index (κ3) is 5.15. The van der Waals surface area contributed by atoms with Crippen molar-refractivity contribution in [3.8, 4) is 0 Å². The van der Waals surface area contributed by atoms with E-state index in [0.29, 0.717) is 6.07 Å². The number of amides is 1. The lowest BCUT2D eigenvalue weighted by molar-refractivity contribution is -0.137. The number of alkyl halides is 7. The van der Waals surface area contributed by atoms with E-state index < -0.39 is 69.7 Å². The molecule has 3 rings (SSSR count). The summed E-state index contributed by atoms with van der Waals surface area (Å²) in [6, 6.07) is 5.00. The molecule has 1 N–H and O–H groups in total. The summed E-state index contributed by atoms with van der Waals surface area (Å²) in [4.78, 5) is 24.1. The summed E-state index contributed by atoms with van der Waals surface area (Å²) in [7, 11) is 0. The fourth-order valence-corrected chi connectivity index (χ4v) is 3.74. The van der Waals surface area contributed by atoms with Crippen LogP contribution in [0, 0.1) is 0 Å². The zero-order valence-corrected chi connectivity index (χ0v) is 18.1. The van der Waals surface area contributed by atoms with Gasteiger partial charge in [-0.05, 0) is 29.3 Å². The second-order valence-electron chi connectivity index (χ2n) is 7.42. The Morgan fingerprint density at radius 1 is 0.971 bits per heavy atom. The number of nitrogens with zero attached hydrogens (tertiary/aromatic N) is 1. The van der Waals surface area contributed by atoms with Crippen LogP contribution in [0.2, 0.25) is 10.0 Å². The van der Waals surface area contributed by atoms with Gasteiger partial charge in [0.2, 0.25) is 0 Å². The predicted octanol–water partition coefficient (Wildman–Crippen LogP) is 7.00. The monoisotopic (exact) mass is 529 g/mol. The number of allylic oxidation sites excluding steroid dienone is 2. The number of hydrogen-bond acceptors (Lipinski definition) is 2. The van der Waals surface area contributed by atoms with Crippen LogP contribution < -0.4 is 0 Å². The predicted molar refractivity (Wildman–Crippen MR) is 109 cm³/mol. The van der Waals surface area contributed by atoms with Gasteiger partial charge < -0.3 is 10.0 Å². The fraction of sp³-hybridized carbons (Fsp3) is 0.238. The second-order valence-corrected chi connectivity index (χ2v) is 8.20. The summed E-state index contributed by atoms with van der Waals surface area (Å²) in [6.45, 7) is -0.904. The lowest BCUT2D eigenvalue weighted by Gasteiger charge is -2.42. The van der Waals surface area contributed by atoms with Crippen molar-refractivity contribution in [3.63, 3.8) is 0 Å². The molecule has 1 fully saturated rings. The Morgan fingerprint density at radius 3 is 2.00 bits per heavy atom. The lowest BCUT2D eigenvalue weighted by atomic mass is 9.87. The van der Waals surface area contributed by atoms with Crippen molar-refractivity contribution in [2.45, 2.75) is 18.0 Å². The SMILES string of the molecule is O=C(C=C(c1cc(Cl)c(Cl)c(C(F)(F)F)c1)C(F)(F)F)c1ccc(C2(F)CN(C(=O)O)C2)cc1. The zero-order chi connectivity index (χ0) is 25.6. The fourth-order valence-electron chi connectivity index (χ4n) is 3.30. The van der Waals surface area contributed by atoms with Gasteiger partial charge in [0.15, 0.2) is 11.5 Å². The number of hydrogen-bond donors (Lipinski definition) is 1. The number of benzene rings is 2. The molecule has 0 aromatic heterocycles. The highest BCUT2D eigenvalue weighted by molar-refractivity contribution is 6.42. The molecular formula is C21H12Cl2F7NO3. The first kappa shape index (κ1) is 25.8. The average Bonchev–Trinajstić information content (AvgIpc) is 2.69. The number of likely N-dealkylation sites (tertiary alicyclic amines) is 1. The molecule has 2 aromatic rings. The minimum Gasteiger partial charge on any atom is -0.465 e. The van der Waals surface area contributed by atoms with E-state index >= 15 is 0 Å². The molecule has 1 saturated heterocycles. The summed E-state index contributed by atoms with van der Waals surface area (Å²) >= 11 is 11.1. The maximum absolute atomic E-state index is 14.7. The molecule has 34 heavy (non-hydrogen) atoms. The van der Waals surface area contributed by atoms with E-state index in [1.807, 2.05) is 0 Å². The Kier molecular flexibility index (Phi) is 6.66. The van der Waals surface area contributed by atoms with E-state index in [0.717, 1.165) is 29.2 Å². The van der Waals surface area contributed by atoms with Crippen LogP contribution in [-0.2, 0) is 11.8 Å². The average molecular weight is 530 g/mol. The molecule has 13 heteroatoms. The van der Waals surface area contributed by atoms with Crippen LogP contribution in [0.4, 0.5) is 35.5 Å². The van der Waals surface area contributed by atoms with Gasteiger partial charge in [-0.15, -0.1) is 0 Å². The summed E-state index contributed by atoms with van der Waals surface area (Å²) in [5, 5.41) is 7.03. The van der Waals surface area contributed by atoms with Gasteiger partial charge in [0, 0.05) is 5.56 Å². The Bertz CT molecular complexity index is 1170. The molecule has 0 unspecified atom stereocenters. The molecule has 1 heterocycles. The second kappa shape index (κ2) is 8.77. The van der Waals surface area contributed by atoms with E-state index in [2.05, 4.69) is 0 Å². The molecule has 0 radical (unpaired) electrons. The Balaban J connectivity index is 1.95. The Morgan fingerprint density at radius 2 is 1.53 bits per heavy atom. The normalized spacial score (nSPS) is 16.3. The van der Waals surface area contributed by atoms with Gasteiger partial charge >= 0.3 is 18.4 Å². The van der Waals surface area contributed by atoms with Crippen molar-refractivity contribution >= 4 is 40.7 Å². The maximum Gasteiger partial charge on any atom is 0.417 e. The molecule has 0 atom stereocenters. The van der Waals surface area contributed by atoms with E-state index in [1.165, 1.54) is 0 Å². The van der Waals surface area contributed by atoms with Crippen molar-refractivity contribution in [2.75, 3.05) is 13.1 Å². The number of carboxylic acid groups (broad SMARTS) is 1. The quantitative estimate of drug-likeness (QED) is 0.263. The van der Waals surface area contributed by atoms with Gasteiger partial charge in [0.1, 0.15) is 0 Å². The van der Waals surface area contributed by atoms with E-state index in [-0.39, 0.29) is 23.3 Å². The molecular weight excluding hydrogens is 518 g/mol. The van der Waals surface area contributed by atoms with Gasteiger partial charge in [-0.25, -0.2) is 9.18 Å². The van der Waals surface area contributed by atoms with E-state index in [4.69, 9.17) is 28.3 Å². The number of halogens is 9. The lowest BCUT2D eigenvalue weighted by Crippen LogP contribution is -2.58. The number of carbonyl (C=O) groups excluding carboxylic acids is 1. The zero-order valence-electron chi connectivity index (χ0n) is 16.6. The van der Waals surface area contributed by atoms with Crippen LogP contribution in [0.5, 0.6) is 0 Å². The van der Waals surface area contributed by atoms with Gasteiger partial charge in [-0.2, -0.15) is 26.3 Å². The Labute approximate surface area is 197 Å². The smallest absolute Gasteiger partial charge is 0.417 e. The van der Waals surface area contributed by atoms with Crippen molar-refractivity contribution < 1.29 is 45.4 Å². The number of ketones is 1. The van der Waals surface area contributed by atoms with Crippen molar-refractivity contribution in [2.24, 2.45) is 0 Å². The highest BCUT2D eigenvalue weighted by atomic mass is 35.5. The standard InChI is InChI=1S/C21H12Cl2F7NO3/c22-15-6-11(5-14(17(15)23)21(28,29)30)13(20(25,26)27)7-16(32)10-1-3-12(4-2-10)19(24)8-31(9-19)18(33)34/h1-7H,8-9H2,(H,33,34). The van der Waals surface area contributed by atoms with Crippen LogP contribution in [0.1, 0.15) is 27.0 Å². The summed E-state index contributed by atoms with van der Waals surface area (Å²) in [6.07, 6.45) is -11.5. The van der Waals surface area contributed by atoms with Crippen LogP contribution >= 0.6 is 23.2 Å². The van der Waals surface area contributed by atoms with Gasteiger partial charge in [0.25, 0.3) is 0 Å². The third-order valence-electron chi connectivity index (χ3n) is 5.07. The van der Waals surface area contributed by atoms with Crippen LogP contribution in [0.15, 0.2) is 42.5 Å². The maximum atomic E-state index is 14.7. The van der Waals surface area contributed by atoms with Gasteiger partial charge in [-0.3, -0.25) is 4.79 Å². The van der Waals surface area contributed by atoms with Crippen LogP contribution in [0.3, 0.4) is 0 Å². The Hall–Kier alpha value is -2.79. The molecule has 1 amide bonds.